The quantitative estimate of drug-likeness (QED) is 0.517. The van der Waals surface area contributed by atoms with Gasteiger partial charge in [-0.15, -0.1) is 0 Å². The zero-order valence-electron chi connectivity index (χ0n) is 7.96. The van der Waals surface area contributed by atoms with E-state index >= 15 is 0 Å². The zero-order chi connectivity index (χ0) is 8.93. The number of hydrogen-bond acceptors (Lipinski definition) is 2. The smallest absolute Gasteiger partial charge is 0.309 e. The van der Waals surface area contributed by atoms with Gasteiger partial charge >= 0.3 is 5.97 Å². The molecule has 68 valence electrons. The average Bonchev–Trinajstić information content (AvgIpc) is 2.14. The van der Waals surface area contributed by atoms with Crippen LogP contribution in [0.5, 0.6) is 0 Å². The van der Waals surface area contributed by atoms with Crippen molar-refractivity contribution in [3.8, 4) is 0 Å². The molecule has 2 aliphatic heterocycles. The van der Waals surface area contributed by atoms with Gasteiger partial charge in [0, 0.05) is 0 Å². The van der Waals surface area contributed by atoms with Gasteiger partial charge in [0.15, 0.2) is 0 Å². The van der Waals surface area contributed by atoms with Crippen molar-refractivity contribution in [2.75, 3.05) is 0 Å². The molecule has 3 fully saturated rings. The Kier molecular flexibility index (Phi) is 1.51. The molecule has 0 spiro atoms. The van der Waals surface area contributed by atoms with E-state index in [0.717, 1.165) is 12.8 Å². The fourth-order valence-electron chi connectivity index (χ4n) is 2.55. The van der Waals surface area contributed by atoms with Crippen LogP contribution in [0.25, 0.3) is 0 Å². The number of carbonyl (C=O) groups excluding carboxylic acids is 1. The van der Waals surface area contributed by atoms with Crippen LogP contribution < -0.4 is 0 Å². The number of rotatable bonds is 0. The van der Waals surface area contributed by atoms with E-state index in [9.17, 15) is 4.79 Å². The molecule has 0 aromatic rings. The SMILES string of the molecule is C[C@@H]1C[C@H]2C[C@@H](C(=O)O1)C2(C)C. The number of fused-ring (bicyclic) bond motifs is 3. The molecular formula is C10H16O2. The van der Waals surface area contributed by atoms with E-state index in [-0.39, 0.29) is 23.4 Å². The Balaban J connectivity index is 2.23. The van der Waals surface area contributed by atoms with Crippen LogP contribution in [0.2, 0.25) is 0 Å². The summed E-state index contributed by atoms with van der Waals surface area (Å²) in [7, 11) is 0. The Hall–Kier alpha value is -0.530. The van der Waals surface area contributed by atoms with Crippen molar-refractivity contribution in [3.63, 3.8) is 0 Å². The molecule has 0 amide bonds. The molecule has 0 radical (unpaired) electrons. The van der Waals surface area contributed by atoms with Crippen molar-refractivity contribution in [2.24, 2.45) is 17.3 Å². The number of esters is 1. The summed E-state index contributed by atoms with van der Waals surface area (Å²) in [6.45, 7) is 6.37. The molecule has 3 atom stereocenters. The number of carbonyl (C=O) groups is 1. The molecule has 0 aromatic heterocycles. The molecule has 1 saturated carbocycles. The van der Waals surface area contributed by atoms with E-state index in [1.807, 2.05) is 6.92 Å². The fraction of sp³-hybridized carbons (Fsp3) is 0.900. The van der Waals surface area contributed by atoms with Gasteiger partial charge in [-0.3, -0.25) is 4.79 Å². The van der Waals surface area contributed by atoms with E-state index in [0.29, 0.717) is 5.92 Å². The van der Waals surface area contributed by atoms with E-state index in [4.69, 9.17) is 4.74 Å². The first-order chi connectivity index (χ1) is 5.51. The van der Waals surface area contributed by atoms with Crippen LogP contribution in [0.4, 0.5) is 0 Å². The van der Waals surface area contributed by atoms with Gasteiger partial charge < -0.3 is 4.74 Å². The third kappa shape index (κ3) is 0.900. The monoisotopic (exact) mass is 168 g/mol. The average molecular weight is 168 g/mol. The lowest BCUT2D eigenvalue weighted by molar-refractivity contribution is -0.159. The minimum Gasteiger partial charge on any atom is -0.462 e. The van der Waals surface area contributed by atoms with Crippen molar-refractivity contribution in [1.29, 1.82) is 0 Å². The molecule has 2 saturated heterocycles. The Labute approximate surface area is 73.3 Å². The summed E-state index contributed by atoms with van der Waals surface area (Å²) in [4.78, 5) is 11.5. The molecular weight excluding hydrogens is 152 g/mol. The van der Waals surface area contributed by atoms with E-state index in [2.05, 4.69) is 13.8 Å². The largest absolute Gasteiger partial charge is 0.462 e. The van der Waals surface area contributed by atoms with Gasteiger partial charge in [-0.2, -0.15) is 0 Å². The molecule has 2 bridgehead atoms. The van der Waals surface area contributed by atoms with Gasteiger partial charge in [0.1, 0.15) is 0 Å². The fourth-order valence-corrected chi connectivity index (χ4v) is 2.55. The van der Waals surface area contributed by atoms with Crippen molar-refractivity contribution in [3.05, 3.63) is 0 Å². The van der Waals surface area contributed by atoms with Crippen LogP contribution >= 0.6 is 0 Å². The molecule has 1 aliphatic carbocycles. The lowest BCUT2D eigenvalue weighted by atomic mass is 9.54. The molecule has 0 N–H and O–H groups in total. The minimum absolute atomic E-state index is 0.0289. The maximum Gasteiger partial charge on any atom is 0.309 e. The zero-order valence-corrected chi connectivity index (χ0v) is 7.96. The van der Waals surface area contributed by atoms with Crippen LogP contribution in [-0.4, -0.2) is 12.1 Å². The Morgan fingerprint density at radius 3 is 2.67 bits per heavy atom. The number of hydrogen-bond donors (Lipinski definition) is 0. The van der Waals surface area contributed by atoms with Gasteiger partial charge in [0.05, 0.1) is 12.0 Å². The third-order valence-corrected chi connectivity index (χ3v) is 3.69. The van der Waals surface area contributed by atoms with Crippen molar-refractivity contribution >= 4 is 5.97 Å². The second-order valence-electron chi connectivity index (χ2n) is 4.79. The highest BCUT2D eigenvalue weighted by Crippen LogP contribution is 2.55. The first kappa shape index (κ1) is 8.09. The minimum atomic E-state index is 0.0289. The van der Waals surface area contributed by atoms with Gasteiger partial charge in [0.25, 0.3) is 0 Å². The summed E-state index contributed by atoms with van der Waals surface area (Å²) in [6.07, 6.45) is 2.24. The van der Waals surface area contributed by atoms with Gasteiger partial charge in [-0.25, -0.2) is 0 Å². The molecule has 0 unspecified atom stereocenters. The topological polar surface area (TPSA) is 26.3 Å². The van der Waals surface area contributed by atoms with Crippen LogP contribution in [0.3, 0.4) is 0 Å². The summed E-state index contributed by atoms with van der Waals surface area (Å²) in [5.74, 6) is 0.901. The van der Waals surface area contributed by atoms with E-state index in [1.54, 1.807) is 0 Å². The van der Waals surface area contributed by atoms with Crippen molar-refractivity contribution in [1.82, 2.24) is 0 Å². The van der Waals surface area contributed by atoms with Crippen LogP contribution in [0, 0.1) is 17.3 Å². The molecule has 3 rings (SSSR count). The highest BCUT2D eigenvalue weighted by atomic mass is 16.5. The standard InChI is InChI=1S/C10H16O2/c1-6-4-7-5-8(9(11)12-6)10(7,2)3/h6-8H,4-5H2,1-3H3/t6-,7+,8+/m1/s1. The summed E-state index contributed by atoms with van der Waals surface area (Å²) in [5.41, 5.74) is 0.196. The molecule has 0 aromatic carbocycles. The van der Waals surface area contributed by atoms with Crippen LogP contribution in [0.15, 0.2) is 0 Å². The highest BCUT2D eigenvalue weighted by molar-refractivity contribution is 5.75. The van der Waals surface area contributed by atoms with Crippen molar-refractivity contribution in [2.45, 2.75) is 39.7 Å². The predicted molar refractivity (Wildman–Crippen MR) is 45.5 cm³/mol. The first-order valence-electron chi connectivity index (χ1n) is 4.72. The summed E-state index contributed by atoms with van der Waals surface area (Å²) >= 11 is 0. The van der Waals surface area contributed by atoms with Crippen LogP contribution in [0.1, 0.15) is 33.6 Å². The normalized spacial score (nSPS) is 44.2. The van der Waals surface area contributed by atoms with Gasteiger partial charge in [0.2, 0.25) is 0 Å². The highest BCUT2D eigenvalue weighted by Gasteiger charge is 2.54. The summed E-state index contributed by atoms with van der Waals surface area (Å²) in [6, 6.07) is 0. The van der Waals surface area contributed by atoms with E-state index < -0.39 is 0 Å². The molecule has 3 aliphatic rings. The van der Waals surface area contributed by atoms with Crippen molar-refractivity contribution < 1.29 is 9.53 Å². The van der Waals surface area contributed by atoms with Gasteiger partial charge in [-0.1, -0.05) is 13.8 Å². The summed E-state index contributed by atoms with van der Waals surface area (Å²) in [5, 5.41) is 0. The number of ether oxygens (including phenoxy) is 1. The maximum absolute atomic E-state index is 11.5. The van der Waals surface area contributed by atoms with E-state index in [1.165, 1.54) is 0 Å². The molecule has 2 heterocycles. The molecule has 2 heteroatoms. The summed E-state index contributed by atoms with van der Waals surface area (Å²) < 4.78 is 5.26. The predicted octanol–water partition coefficient (Wildman–Crippen LogP) is 1.98. The third-order valence-electron chi connectivity index (χ3n) is 3.69. The molecule has 2 nitrogen and oxygen atoms in total. The molecule has 12 heavy (non-hydrogen) atoms. The second kappa shape index (κ2) is 2.24. The Bertz CT molecular complexity index is 220. The maximum atomic E-state index is 11.5. The van der Waals surface area contributed by atoms with Gasteiger partial charge in [-0.05, 0) is 31.1 Å². The first-order valence-corrected chi connectivity index (χ1v) is 4.72. The Morgan fingerprint density at radius 2 is 2.08 bits per heavy atom. The van der Waals surface area contributed by atoms with Crippen LogP contribution in [-0.2, 0) is 9.53 Å². The lowest BCUT2D eigenvalue weighted by Gasteiger charge is -2.48. The second-order valence-corrected chi connectivity index (χ2v) is 4.79. The lowest BCUT2D eigenvalue weighted by Crippen LogP contribution is -2.47. The Morgan fingerprint density at radius 1 is 1.42 bits per heavy atom.